The normalized spacial score (nSPS) is 14.5. The zero-order valence-corrected chi connectivity index (χ0v) is 23.1. The molecule has 0 aromatic heterocycles. The summed E-state index contributed by atoms with van der Waals surface area (Å²) >= 11 is 9.46. The average Bonchev–Trinajstić information content (AvgIpc) is 2.85. The minimum Gasteiger partial charge on any atom is -0.483 e. The van der Waals surface area contributed by atoms with Gasteiger partial charge < -0.3 is 10.1 Å². The van der Waals surface area contributed by atoms with E-state index in [2.05, 4.69) is 26.6 Å². The molecule has 0 unspecified atom stereocenters. The monoisotopic (exact) mass is 595 g/mol. The van der Waals surface area contributed by atoms with E-state index < -0.39 is 17.8 Å². The molecule has 1 saturated heterocycles. The van der Waals surface area contributed by atoms with Crippen LogP contribution in [0.3, 0.4) is 0 Å². The standard InChI is InChI=1S/C28H23BrClN3O5/c1-15-5-8-21(10-17(15)3)31-25(34)14-38-24-9-6-19(29)11-18(24)12-22-26(35)32-28(37)33(27(22)36)23-13-20(30)7-4-16(23)2/h4-13H,14H2,1-3H3,(H,31,34)(H,32,35,37)/b22-12+. The van der Waals surface area contributed by atoms with Crippen LogP contribution in [0.15, 0.2) is 64.6 Å². The maximum absolute atomic E-state index is 13.3. The van der Waals surface area contributed by atoms with Crippen molar-refractivity contribution in [3.63, 3.8) is 0 Å². The fourth-order valence-electron chi connectivity index (χ4n) is 3.78. The van der Waals surface area contributed by atoms with E-state index in [1.54, 1.807) is 43.3 Å². The highest BCUT2D eigenvalue weighted by Gasteiger charge is 2.37. The Bertz CT molecular complexity index is 1520. The fourth-order valence-corrected chi connectivity index (χ4v) is 4.32. The molecule has 4 rings (SSSR count). The molecule has 0 saturated carbocycles. The van der Waals surface area contributed by atoms with Crippen LogP contribution in [0.25, 0.3) is 6.08 Å². The second-order valence-electron chi connectivity index (χ2n) is 8.71. The molecule has 3 aromatic carbocycles. The number of rotatable bonds is 6. The zero-order chi connectivity index (χ0) is 27.6. The quantitative estimate of drug-likeness (QED) is 0.280. The van der Waals surface area contributed by atoms with Crippen molar-refractivity contribution in [2.24, 2.45) is 0 Å². The molecule has 10 heteroatoms. The van der Waals surface area contributed by atoms with Gasteiger partial charge in [0.2, 0.25) is 0 Å². The van der Waals surface area contributed by atoms with Crippen molar-refractivity contribution >= 4 is 68.7 Å². The van der Waals surface area contributed by atoms with Crippen molar-refractivity contribution in [3.8, 4) is 5.75 Å². The number of urea groups is 1. The van der Waals surface area contributed by atoms with Crippen LogP contribution in [-0.2, 0) is 14.4 Å². The summed E-state index contributed by atoms with van der Waals surface area (Å²) in [5.41, 5.74) is 3.74. The molecule has 5 amide bonds. The molecule has 38 heavy (non-hydrogen) atoms. The first-order valence-electron chi connectivity index (χ1n) is 11.5. The summed E-state index contributed by atoms with van der Waals surface area (Å²) in [4.78, 5) is 52.0. The maximum atomic E-state index is 13.3. The van der Waals surface area contributed by atoms with E-state index in [0.29, 0.717) is 26.3 Å². The van der Waals surface area contributed by atoms with Crippen LogP contribution in [0, 0.1) is 20.8 Å². The van der Waals surface area contributed by atoms with Crippen LogP contribution in [0.5, 0.6) is 5.75 Å². The molecule has 0 aliphatic carbocycles. The minimum atomic E-state index is -0.878. The van der Waals surface area contributed by atoms with E-state index >= 15 is 0 Å². The predicted octanol–water partition coefficient (Wildman–Crippen LogP) is 5.71. The topological polar surface area (TPSA) is 105 Å². The van der Waals surface area contributed by atoms with Crippen molar-refractivity contribution in [1.29, 1.82) is 0 Å². The van der Waals surface area contributed by atoms with Gasteiger partial charge in [0.05, 0.1) is 5.69 Å². The van der Waals surface area contributed by atoms with Crippen molar-refractivity contribution in [1.82, 2.24) is 5.32 Å². The Kier molecular flexibility index (Phi) is 7.99. The Hall–Kier alpha value is -3.95. The summed E-state index contributed by atoms with van der Waals surface area (Å²) in [6, 6.07) is 14.4. The number of amides is 5. The van der Waals surface area contributed by atoms with Gasteiger partial charge in [-0.15, -0.1) is 0 Å². The molecule has 0 atom stereocenters. The highest BCUT2D eigenvalue weighted by atomic mass is 79.9. The number of aryl methyl sites for hydroxylation is 3. The van der Waals surface area contributed by atoms with Gasteiger partial charge in [0, 0.05) is 20.7 Å². The lowest BCUT2D eigenvalue weighted by Crippen LogP contribution is -2.54. The van der Waals surface area contributed by atoms with Crippen LogP contribution < -0.4 is 20.3 Å². The molecular formula is C28H23BrClN3O5. The van der Waals surface area contributed by atoms with E-state index in [-0.39, 0.29) is 29.5 Å². The molecule has 194 valence electrons. The van der Waals surface area contributed by atoms with Crippen LogP contribution in [-0.4, -0.2) is 30.4 Å². The number of hydrogen-bond acceptors (Lipinski definition) is 5. The van der Waals surface area contributed by atoms with E-state index in [4.69, 9.17) is 16.3 Å². The van der Waals surface area contributed by atoms with E-state index in [0.717, 1.165) is 16.0 Å². The molecule has 0 bridgehead atoms. The first kappa shape index (κ1) is 27.1. The van der Waals surface area contributed by atoms with Gasteiger partial charge in [0.1, 0.15) is 11.3 Å². The number of halogens is 2. The van der Waals surface area contributed by atoms with E-state index in [1.807, 2.05) is 26.0 Å². The highest BCUT2D eigenvalue weighted by Crippen LogP contribution is 2.30. The first-order valence-corrected chi connectivity index (χ1v) is 12.7. The SMILES string of the molecule is Cc1ccc(NC(=O)COc2ccc(Br)cc2/C=C2\C(=O)NC(=O)N(c3cc(Cl)ccc3C)C2=O)cc1C. The molecule has 8 nitrogen and oxygen atoms in total. The molecule has 1 fully saturated rings. The van der Waals surface area contributed by atoms with Crippen LogP contribution in [0.4, 0.5) is 16.2 Å². The second-order valence-corrected chi connectivity index (χ2v) is 10.1. The Morgan fingerprint density at radius 3 is 2.47 bits per heavy atom. The lowest BCUT2D eigenvalue weighted by atomic mass is 10.0. The summed E-state index contributed by atoms with van der Waals surface area (Å²) in [5.74, 6) is -1.79. The number of carbonyl (C=O) groups is 4. The number of hydrogen-bond donors (Lipinski definition) is 2. The van der Waals surface area contributed by atoms with E-state index in [1.165, 1.54) is 12.1 Å². The molecule has 1 aliphatic heterocycles. The number of ether oxygens (including phenoxy) is 1. The second kappa shape index (κ2) is 11.2. The van der Waals surface area contributed by atoms with Gasteiger partial charge in [-0.3, -0.25) is 19.7 Å². The number of benzene rings is 3. The van der Waals surface area contributed by atoms with Crippen LogP contribution in [0.2, 0.25) is 5.02 Å². The van der Waals surface area contributed by atoms with Gasteiger partial charge in [-0.05, 0) is 86.0 Å². The van der Waals surface area contributed by atoms with Crippen molar-refractivity contribution in [2.75, 3.05) is 16.8 Å². The molecular weight excluding hydrogens is 574 g/mol. The Labute approximate surface area is 232 Å². The summed E-state index contributed by atoms with van der Waals surface area (Å²) in [5, 5.41) is 5.31. The summed E-state index contributed by atoms with van der Waals surface area (Å²) < 4.78 is 6.39. The van der Waals surface area contributed by atoms with Crippen molar-refractivity contribution < 1.29 is 23.9 Å². The summed E-state index contributed by atoms with van der Waals surface area (Å²) in [6.45, 7) is 5.34. The Morgan fingerprint density at radius 1 is 1.00 bits per heavy atom. The van der Waals surface area contributed by atoms with Crippen molar-refractivity contribution in [2.45, 2.75) is 20.8 Å². The average molecular weight is 597 g/mol. The maximum Gasteiger partial charge on any atom is 0.335 e. The van der Waals surface area contributed by atoms with Gasteiger partial charge in [0.25, 0.3) is 17.7 Å². The minimum absolute atomic E-state index is 0.257. The van der Waals surface area contributed by atoms with Crippen LogP contribution >= 0.6 is 27.5 Å². The molecule has 1 aliphatic rings. The number of imide groups is 2. The number of barbiturate groups is 1. The molecule has 1 heterocycles. The Morgan fingerprint density at radius 2 is 1.74 bits per heavy atom. The highest BCUT2D eigenvalue weighted by molar-refractivity contribution is 9.10. The van der Waals surface area contributed by atoms with Gasteiger partial charge in [0.15, 0.2) is 6.61 Å². The van der Waals surface area contributed by atoms with E-state index in [9.17, 15) is 19.2 Å². The zero-order valence-electron chi connectivity index (χ0n) is 20.7. The van der Waals surface area contributed by atoms with Crippen molar-refractivity contribution in [3.05, 3.63) is 91.9 Å². The van der Waals surface area contributed by atoms with Crippen LogP contribution in [0.1, 0.15) is 22.3 Å². The third-order valence-electron chi connectivity index (χ3n) is 5.93. The molecule has 3 aromatic rings. The van der Waals surface area contributed by atoms with Gasteiger partial charge in [-0.2, -0.15) is 0 Å². The smallest absolute Gasteiger partial charge is 0.335 e. The molecule has 2 N–H and O–H groups in total. The number of nitrogens with zero attached hydrogens (tertiary/aromatic N) is 1. The number of anilines is 2. The lowest BCUT2D eigenvalue weighted by Gasteiger charge is -2.27. The first-order chi connectivity index (χ1) is 18.0. The largest absolute Gasteiger partial charge is 0.483 e. The third kappa shape index (κ3) is 5.95. The lowest BCUT2D eigenvalue weighted by molar-refractivity contribution is -0.122. The van der Waals surface area contributed by atoms with Gasteiger partial charge >= 0.3 is 6.03 Å². The number of nitrogens with one attached hydrogen (secondary N) is 2. The molecule has 0 spiro atoms. The Balaban J connectivity index is 1.59. The summed E-state index contributed by atoms with van der Waals surface area (Å²) in [7, 11) is 0. The van der Waals surface area contributed by atoms with Gasteiger partial charge in [-0.25, -0.2) is 9.69 Å². The molecule has 0 radical (unpaired) electrons. The number of carbonyl (C=O) groups excluding carboxylic acids is 4. The summed E-state index contributed by atoms with van der Waals surface area (Å²) in [6.07, 6.45) is 1.32. The fraction of sp³-hybridized carbons (Fsp3) is 0.143. The third-order valence-corrected chi connectivity index (χ3v) is 6.66. The predicted molar refractivity (Wildman–Crippen MR) is 149 cm³/mol. The van der Waals surface area contributed by atoms with Gasteiger partial charge in [-0.1, -0.05) is 39.7 Å².